The van der Waals surface area contributed by atoms with E-state index in [9.17, 15) is 0 Å². The van der Waals surface area contributed by atoms with Gasteiger partial charge >= 0.3 is 0 Å². The minimum absolute atomic E-state index is 0.0595. The van der Waals surface area contributed by atoms with Gasteiger partial charge in [0.25, 0.3) is 0 Å². The second-order valence-electron chi connectivity index (χ2n) is 4.77. The lowest BCUT2D eigenvalue weighted by Crippen LogP contribution is -2.15. The van der Waals surface area contributed by atoms with E-state index in [1.54, 1.807) is 7.11 Å². The minimum atomic E-state index is -0.0595. The summed E-state index contributed by atoms with van der Waals surface area (Å²) in [5, 5.41) is 0. The van der Waals surface area contributed by atoms with Crippen LogP contribution in [0.3, 0.4) is 0 Å². The third-order valence-corrected chi connectivity index (χ3v) is 4.31. The monoisotopic (exact) mass is 397 g/mol. The molecule has 1 unspecified atom stereocenters. The zero-order chi connectivity index (χ0) is 14.7. The van der Waals surface area contributed by atoms with Crippen molar-refractivity contribution < 1.29 is 4.74 Å². The standard InChI is InChI=1S/C16H17Br2NO/c1-10-3-4-13(18)9-14(10)15(19)8-11-7-12(17)5-6-16(11)20-2/h3-7,9,15H,8,19H2,1-2H3. The summed E-state index contributed by atoms with van der Waals surface area (Å²) in [5.74, 6) is 0.872. The molecule has 0 spiro atoms. The van der Waals surface area contributed by atoms with Crippen LogP contribution in [0.2, 0.25) is 0 Å². The van der Waals surface area contributed by atoms with Gasteiger partial charge in [-0.3, -0.25) is 0 Å². The molecule has 0 bridgehead atoms. The molecule has 106 valence electrons. The molecule has 0 amide bonds. The fourth-order valence-electron chi connectivity index (χ4n) is 2.26. The number of methoxy groups -OCH3 is 1. The van der Waals surface area contributed by atoms with Crippen molar-refractivity contribution in [3.05, 3.63) is 62.0 Å². The molecule has 0 heterocycles. The Hall–Kier alpha value is -0.840. The molecule has 2 nitrogen and oxygen atoms in total. The fourth-order valence-corrected chi connectivity index (χ4v) is 3.05. The Morgan fingerprint density at radius 2 is 1.75 bits per heavy atom. The van der Waals surface area contributed by atoms with Crippen molar-refractivity contribution in [2.45, 2.75) is 19.4 Å². The molecule has 0 saturated carbocycles. The Labute approximate surface area is 136 Å². The normalized spacial score (nSPS) is 12.2. The number of rotatable bonds is 4. The van der Waals surface area contributed by atoms with Gasteiger partial charge in [-0.05, 0) is 60.4 Å². The lowest BCUT2D eigenvalue weighted by atomic mass is 9.96. The van der Waals surface area contributed by atoms with Gasteiger partial charge in [-0.2, -0.15) is 0 Å². The second-order valence-corrected chi connectivity index (χ2v) is 6.60. The van der Waals surface area contributed by atoms with Crippen LogP contribution >= 0.6 is 31.9 Å². The van der Waals surface area contributed by atoms with Gasteiger partial charge in [-0.1, -0.05) is 37.9 Å². The number of hydrogen-bond acceptors (Lipinski definition) is 2. The Bertz CT molecular complexity index is 613. The van der Waals surface area contributed by atoms with E-state index in [1.807, 2.05) is 18.2 Å². The van der Waals surface area contributed by atoms with Gasteiger partial charge in [0.05, 0.1) is 7.11 Å². The van der Waals surface area contributed by atoms with Crippen LogP contribution < -0.4 is 10.5 Å². The van der Waals surface area contributed by atoms with Crippen LogP contribution in [0.5, 0.6) is 5.75 Å². The van der Waals surface area contributed by atoms with E-state index in [4.69, 9.17) is 10.5 Å². The highest BCUT2D eigenvalue weighted by molar-refractivity contribution is 9.10. The SMILES string of the molecule is COc1ccc(Br)cc1CC(N)c1cc(Br)ccc1C. The lowest BCUT2D eigenvalue weighted by molar-refractivity contribution is 0.408. The van der Waals surface area contributed by atoms with E-state index < -0.39 is 0 Å². The van der Waals surface area contributed by atoms with E-state index in [-0.39, 0.29) is 6.04 Å². The van der Waals surface area contributed by atoms with E-state index >= 15 is 0 Å². The molecule has 2 aromatic carbocycles. The molecular formula is C16H17Br2NO. The largest absolute Gasteiger partial charge is 0.496 e. The van der Waals surface area contributed by atoms with Gasteiger partial charge in [0.2, 0.25) is 0 Å². The molecule has 1 atom stereocenters. The third kappa shape index (κ3) is 3.62. The number of aryl methyl sites for hydroxylation is 1. The Morgan fingerprint density at radius 1 is 1.10 bits per heavy atom. The Kier molecular flexibility index (Phi) is 5.24. The van der Waals surface area contributed by atoms with Crippen LogP contribution in [0.1, 0.15) is 22.7 Å². The zero-order valence-electron chi connectivity index (χ0n) is 11.5. The third-order valence-electron chi connectivity index (χ3n) is 3.32. The van der Waals surface area contributed by atoms with Crippen molar-refractivity contribution in [3.8, 4) is 5.75 Å². The summed E-state index contributed by atoms with van der Waals surface area (Å²) in [5.41, 5.74) is 9.84. The first-order valence-corrected chi connectivity index (χ1v) is 7.94. The molecule has 0 aromatic heterocycles. The minimum Gasteiger partial charge on any atom is -0.496 e. The molecule has 20 heavy (non-hydrogen) atoms. The topological polar surface area (TPSA) is 35.2 Å². The number of nitrogens with two attached hydrogens (primary N) is 1. The van der Waals surface area contributed by atoms with Crippen LogP contribution in [0, 0.1) is 6.92 Å². The molecule has 4 heteroatoms. The molecule has 0 aliphatic rings. The van der Waals surface area contributed by atoms with Crippen molar-refractivity contribution in [1.29, 1.82) is 0 Å². The van der Waals surface area contributed by atoms with E-state index in [1.165, 1.54) is 5.56 Å². The summed E-state index contributed by atoms with van der Waals surface area (Å²) in [6, 6.07) is 12.1. The molecule has 0 aliphatic heterocycles. The second kappa shape index (κ2) is 6.74. The molecule has 0 saturated heterocycles. The highest BCUT2D eigenvalue weighted by Gasteiger charge is 2.13. The van der Waals surface area contributed by atoms with Crippen LogP contribution in [0.4, 0.5) is 0 Å². The highest BCUT2D eigenvalue weighted by atomic mass is 79.9. The van der Waals surface area contributed by atoms with Crippen LogP contribution in [-0.2, 0) is 6.42 Å². The Morgan fingerprint density at radius 3 is 2.45 bits per heavy atom. The van der Waals surface area contributed by atoms with Crippen molar-refractivity contribution in [3.63, 3.8) is 0 Å². The van der Waals surface area contributed by atoms with Gasteiger partial charge in [0.1, 0.15) is 5.75 Å². The van der Waals surface area contributed by atoms with Crippen LogP contribution in [-0.4, -0.2) is 7.11 Å². The average molecular weight is 399 g/mol. The maximum atomic E-state index is 6.38. The molecule has 0 aliphatic carbocycles. The smallest absolute Gasteiger partial charge is 0.122 e. The number of hydrogen-bond donors (Lipinski definition) is 1. The quantitative estimate of drug-likeness (QED) is 0.804. The maximum absolute atomic E-state index is 6.38. The van der Waals surface area contributed by atoms with Crippen LogP contribution in [0.25, 0.3) is 0 Å². The summed E-state index contributed by atoms with van der Waals surface area (Å²) in [6.07, 6.45) is 0.736. The lowest BCUT2D eigenvalue weighted by Gasteiger charge is -2.17. The first-order chi connectivity index (χ1) is 9.51. The molecular weight excluding hydrogens is 382 g/mol. The fraction of sp³-hybridized carbons (Fsp3) is 0.250. The van der Waals surface area contributed by atoms with Gasteiger partial charge in [0, 0.05) is 15.0 Å². The summed E-state index contributed by atoms with van der Waals surface area (Å²) >= 11 is 7.00. The molecule has 2 aromatic rings. The van der Waals surface area contributed by atoms with Crippen molar-refractivity contribution in [1.82, 2.24) is 0 Å². The first kappa shape index (κ1) is 15.5. The number of benzene rings is 2. The number of halogens is 2. The first-order valence-electron chi connectivity index (χ1n) is 6.35. The zero-order valence-corrected chi connectivity index (χ0v) is 14.7. The van der Waals surface area contributed by atoms with Gasteiger partial charge in [-0.25, -0.2) is 0 Å². The van der Waals surface area contributed by atoms with Crippen LogP contribution in [0.15, 0.2) is 45.3 Å². The Balaban J connectivity index is 2.29. The van der Waals surface area contributed by atoms with Gasteiger partial charge in [0.15, 0.2) is 0 Å². The van der Waals surface area contributed by atoms with E-state index in [0.717, 1.165) is 32.2 Å². The molecule has 0 radical (unpaired) electrons. The molecule has 2 N–H and O–H groups in total. The summed E-state index contributed by atoms with van der Waals surface area (Å²) in [7, 11) is 1.68. The average Bonchev–Trinajstić information content (AvgIpc) is 2.41. The number of ether oxygens (including phenoxy) is 1. The van der Waals surface area contributed by atoms with Crippen molar-refractivity contribution in [2.24, 2.45) is 5.73 Å². The predicted molar refractivity (Wildman–Crippen MR) is 90.2 cm³/mol. The van der Waals surface area contributed by atoms with Crippen molar-refractivity contribution in [2.75, 3.05) is 7.11 Å². The summed E-state index contributed by atoms with van der Waals surface area (Å²) in [4.78, 5) is 0. The predicted octanol–water partition coefficient (Wildman–Crippen LogP) is 4.77. The van der Waals surface area contributed by atoms with Crippen molar-refractivity contribution >= 4 is 31.9 Å². The van der Waals surface area contributed by atoms with Gasteiger partial charge in [-0.15, -0.1) is 0 Å². The van der Waals surface area contributed by atoms with Gasteiger partial charge < -0.3 is 10.5 Å². The summed E-state index contributed by atoms with van der Waals surface area (Å²) < 4.78 is 7.49. The maximum Gasteiger partial charge on any atom is 0.122 e. The van der Waals surface area contributed by atoms with E-state index in [2.05, 4.69) is 57.0 Å². The summed E-state index contributed by atoms with van der Waals surface area (Å²) in [6.45, 7) is 2.08. The molecule has 2 rings (SSSR count). The van der Waals surface area contributed by atoms with E-state index in [0.29, 0.717) is 0 Å². The molecule has 0 fully saturated rings. The highest BCUT2D eigenvalue weighted by Crippen LogP contribution is 2.29.